The van der Waals surface area contributed by atoms with Crippen LogP contribution in [0.3, 0.4) is 0 Å². The van der Waals surface area contributed by atoms with Gasteiger partial charge in [0.15, 0.2) is 5.96 Å². The lowest BCUT2D eigenvalue weighted by molar-refractivity contribution is 0.124. The molecule has 7 heteroatoms. The maximum atomic E-state index is 4.35. The average Bonchev–Trinajstić information content (AvgIpc) is 3.09. The molecular weight excluding hydrogens is 433 g/mol. The van der Waals surface area contributed by atoms with E-state index < -0.39 is 0 Å². The molecule has 2 rings (SSSR count). The van der Waals surface area contributed by atoms with Crippen molar-refractivity contribution in [1.29, 1.82) is 0 Å². The summed E-state index contributed by atoms with van der Waals surface area (Å²) in [7, 11) is 1.87. The Balaban J connectivity index is 0.00000288. The quantitative estimate of drug-likeness (QED) is 0.339. The van der Waals surface area contributed by atoms with Crippen LogP contribution in [0.5, 0.6) is 0 Å². The molecule has 2 aliphatic rings. The highest BCUT2D eigenvalue weighted by Crippen LogP contribution is 2.25. The molecule has 0 amide bonds. The smallest absolute Gasteiger partial charge is 0.191 e. The molecule has 0 aliphatic carbocycles. The van der Waals surface area contributed by atoms with Crippen molar-refractivity contribution in [2.24, 2.45) is 10.9 Å². The van der Waals surface area contributed by atoms with Gasteiger partial charge in [-0.3, -0.25) is 4.99 Å². The van der Waals surface area contributed by atoms with Gasteiger partial charge in [-0.05, 0) is 31.1 Å². The molecule has 2 N–H and O–H groups in total. The van der Waals surface area contributed by atoms with Crippen molar-refractivity contribution in [2.75, 3.05) is 65.2 Å². The van der Waals surface area contributed by atoms with E-state index in [4.69, 9.17) is 0 Å². The second-order valence-electron chi connectivity index (χ2n) is 6.81. The summed E-state index contributed by atoms with van der Waals surface area (Å²) in [6.07, 6.45) is 2.71. The predicted octanol–water partition coefficient (Wildman–Crippen LogP) is 1.94. The van der Waals surface area contributed by atoms with Gasteiger partial charge >= 0.3 is 0 Å². The van der Waals surface area contributed by atoms with Crippen LogP contribution in [0.4, 0.5) is 0 Å². The molecular formula is C17H36IN5S. The van der Waals surface area contributed by atoms with Gasteiger partial charge in [-0.25, -0.2) is 0 Å². The summed E-state index contributed by atoms with van der Waals surface area (Å²) in [6, 6.07) is 0. The minimum Gasteiger partial charge on any atom is -0.356 e. The van der Waals surface area contributed by atoms with Crippen molar-refractivity contribution in [1.82, 2.24) is 20.4 Å². The van der Waals surface area contributed by atoms with Crippen molar-refractivity contribution < 1.29 is 0 Å². The highest BCUT2D eigenvalue weighted by Gasteiger charge is 2.18. The Morgan fingerprint density at radius 2 is 1.92 bits per heavy atom. The number of hydrogen-bond acceptors (Lipinski definition) is 4. The molecule has 0 aromatic carbocycles. The van der Waals surface area contributed by atoms with Crippen LogP contribution in [0.1, 0.15) is 26.7 Å². The van der Waals surface area contributed by atoms with Gasteiger partial charge in [0.25, 0.3) is 0 Å². The fourth-order valence-corrected chi connectivity index (χ4v) is 4.50. The Labute approximate surface area is 169 Å². The molecule has 2 saturated heterocycles. The van der Waals surface area contributed by atoms with Gasteiger partial charge in [0, 0.05) is 58.1 Å². The predicted molar refractivity (Wildman–Crippen MR) is 118 cm³/mol. The SMILES string of the molecule is CCN1CCN(CC(C)CNC(=NC)NCC2CCCS2)CC1.I. The minimum atomic E-state index is 0. The summed E-state index contributed by atoms with van der Waals surface area (Å²) in [5.74, 6) is 2.92. The van der Waals surface area contributed by atoms with Crippen LogP contribution in [0.2, 0.25) is 0 Å². The van der Waals surface area contributed by atoms with E-state index in [1.165, 1.54) is 57.9 Å². The number of nitrogens with one attached hydrogen (secondary N) is 2. The Hall–Kier alpha value is 0.270. The normalized spacial score (nSPS) is 24.5. The summed E-state index contributed by atoms with van der Waals surface area (Å²) in [5.41, 5.74) is 0. The van der Waals surface area contributed by atoms with Crippen LogP contribution in [-0.4, -0.2) is 86.2 Å². The lowest BCUT2D eigenvalue weighted by Gasteiger charge is -2.35. The number of aliphatic imine (C=N–C) groups is 1. The molecule has 0 spiro atoms. The molecule has 2 aliphatic heterocycles. The summed E-state index contributed by atoms with van der Waals surface area (Å²) in [4.78, 5) is 9.49. The van der Waals surface area contributed by atoms with E-state index in [0.717, 1.165) is 24.3 Å². The Kier molecular flexibility index (Phi) is 11.7. The van der Waals surface area contributed by atoms with E-state index in [9.17, 15) is 0 Å². The number of halogens is 1. The summed E-state index contributed by atoms with van der Waals surface area (Å²) >= 11 is 2.09. The summed E-state index contributed by atoms with van der Waals surface area (Å²) in [6.45, 7) is 13.9. The Morgan fingerprint density at radius 3 is 2.50 bits per heavy atom. The zero-order valence-electron chi connectivity index (χ0n) is 15.6. The van der Waals surface area contributed by atoms with Crippen LogP contribution >= 0.6 is 35.7 Å². The van der Waals surface area contributed by atoms with Gasteiger partial charge in [0.05, 0.1) is 0 Å². The van der Waals surface area contributed by atoms with Crippen molar-refractivity contribution in [3.05, 3.63) is 0 Å². The average molecular weight is 469 g/mol. The number of thioether (sulfide) groups is 1. The number of piperazine rings is 1. The third-order valence-corrected chi connectivity index (χ3v) is 6.24. The van der Waals surface area contributed by atoms with Gasteiger partial charge in [-0.1, -0.05) is 13.8 Å². The van der Waals surface area contributed by atoms with Crippen molar-refractivity contribution in [3.63, 3.8) is 0 Å². The topological polar surface area (TPSA) is 42.9 Å². The van der Waals surface area contributed by atoms with E-state index in [1.807, 2.05) is 7.05 Å². The Bertz CT molecular complexity index is 355. The van der Waals surface area contributed by atoms with Crippen molar-refractivity contribution in [3.8, 4) is 0 Å². The number of likely N-dealkylation sites (N-methyl/N-ethyl adjacent to an activating group) is 1. The van der Waals surface area contributed by atoms with Gasteiger partial charge in [0.1, 0.15) is 0 Å². The molecule has 0 saturated carbocycles. The first-order chi connectivity index (χ1) is 11.2. The number of nitrogens with zero attached hydrogens (tertiary/aromatic N) is 3. The number of rotatable bonds is 7. The minimum absolute atomic E-state index is 0. The van der Waals surface area contributed by atoms with E-state index in [2.05, 4.69) is 51.0 Å². The summed E-state index contributed by atoms with van der Waals surface area (Å²) < 4.78 is 0. The largest absolute Gasteiger partial charge is 0.356 e. The maximum absolute atomic E-state index is 4.35. The monoisotopic (exact) mass is 469 g/mol. The molecule has 2 atom stereocenters. The zero-order chi connectivity index (χ0) is 16.5. The fraction of sp³-hybridized carbons (Fsp3) is 0.941. The van der Waals surface area contributed by atoms with E-state index in [-0.39, 0.29) is 24.0 Å². The van der Waals surface area contributed by atoms with E-state index in [1.54, 1.807) is 0 Å². The molecule has 0 bridgehead atoms. The van der Waals surface area contributed by atoms with Crippen molar-refractivity contribution in [2.45, 2.75) is 31.9 Å². The molecule has 0 aromatic rings. The molecule has 0 radical (unpaired) electrons. The van der Waals surface area contributed by atoms with Gasteiger partial charge in [-0.2, -0.15) is 11.8 Å². The van der Waals surface area contributed by atoms with Gasteiger partial charge in [0.2, 0.25) is 0 Å². The first-order valence-electron chi connectivity index (χ1n) is 9.22. The summed E-state index contributed by atoms with van der Waals surface area (Å²) in [5, 5.41) is 7.74. The molecule has 24 heavy (non-hydrogen) atoms. The first-order valence-corrected chi connectivity index (χ1v) is 10.3. The molecule has 0 aromatic heterocycles. The molecule has 5 nitrogen and oxygen atoms in total. The molecule has 2 fully saturated rings. The van der Waals surface area contributed by atoms with E-state index in [0.29, 0.717) is 5.92 Å². The van der Waals surface area contributed by atoms with Crippen LogP contribution in [0.25, 0.3) is 0 Å². The number of hydrogen-bond donors (Lipinski definition) is 2. The maximum Gasteiger partial charge on any atom is 0.191 e. The molecule has 142 valence electrons. The van der Waals surface area contributed by atoms with Gasteiger partial charge < -0.3 is 20.4 Å². The standard InChI is InChI=1S/C17H35N5S.HI/c1-4-21-7-9-22(10-8-21)14-15(2)12-19-17(18-3)20-13-16-6-5-11-23-16;/h15-16H,4-14H2,1-3H3,(H2,18,19,20);1H. The van der Waals surface area contributed by atoms with Crippen LogP contribution < -0.4 is 10.6 Å². The zero-order valence-corrected chi connectivity index (χ0v) is 18.7. The number of guanidine groups is 1. The second-order valence-corrected chi connectivity index (χ2v) is 8.22. The molecule has 2 unspecified atom stereocenters. The Morgan fingerprint density at radius 1 is 1.21 bits per heavy atom. The van der Waals surface area contributed by atoms with E-state index >= 15 is 0 Å². The first kappa shape index (κ1) is 22.3. The van der Waals surface area contributed by atoms with Crippen molar-refractivity contribution >= 4 is 41.7 Å². The van der Waals surface area contributed by atoms with Crippen LogP contribution in [0, 0.1) is 5.92 Å². The third-order valence-electron chi connectivity index (χ3n) is 4.84. The molecule has 2 heterocycles. The highest BCUT2D eigenvalue weighted by molar-refractivity contribution is 14.0. The fourth-order valence-electron chi connectivity index (χ4n) is 3.30. The third kappa shape index (κ3) is 8.10. The highest BCUT2D eigenvalue weighted by atomic mass is 127. The van der Waals surface area contributed by atoms with Crippen LogP contribution in [-0.2, 0) is 0 Å². The lowest BCUT2D eigenvalue weighted by atomic mass is 10.1. The van der Waals surface area contributed by atoms with Gasteiger partial charge in [-0.15, -0.1) is 24.0 Å². The second kappa shape index (κ2) is 12.6. The lowest BCUT2D eigenvalue weighted by Crippen LogP contribution is -2.48. The van der Waals surface area contributed by atoms with Crippen LogP contribution in [0.15, 0.2) is 4.99 Å².